The van der Waals surface area contributed by atoms with Crippen LogP contribution in [-0.4, -0.2) is 21.5 Å². The molecule has 0 spiro atoms. The Morgan fingerprint density at radius 2 is 1.57 bits per heavy atom. The van der Waals surface area contributed by atoms with Crippen molar-refractivity contribution in [3.8, 4) is 28.6 Å². The molecule has 9 rings (SSSR count). The Balaban J connectivity index is 0.00000312. The minimum Gasteiger partial charge on any atom is -0.681 e. The topological polar surface area (TPSA) is 57.3 Å². The van der Waals surface area contributed by atoms with Gasteiger partial charge in [-0.3, -0.25) is 0 Å². The van der Waals surface area contributed by atoms with Crippen molar-refractivity contribution >= 4 is 51.4 Å². The van der Waals surface area contributed by atoms with Crippen LogP contribution < -0.4 is 15.1 Å². The van der Waals surface area contributed by atoms with Crippen LogP contribution in [0.3, 0.4) is 0 Å². The van der Waals surface area contributed by atoms with Gasteiger partial charge in [0.1, 0.15) is 5.82 Å². The number of para-hydroxylation sites is 3. The molecule has 0 atom stereocenters. The average Bonchev–Trinajstić information content (AvgIpc) is 3.61. The van der Waals surface area contributed by atoms with Crippen molar-refractivity contribution in [1.29, 1.82) is 0 Å². The van der Waals surface area contributed by atoms with Crippen LogP contribution >= 0.6 is 0 Å². The molecule has 0 amide bonds. The molecule has 0 N–H and O–H groups in total. The zero-order chi connectivity index (χ0) is 30.3. The summed E-state index contributed by atoms with van der Waals surface area (Å²) in [5.41, 5.74) is 9.47. The van der Waals surface area contributed by atoms with E-state index in [1.165, 1.54) is 5.56 Å². The summed E-state index contributed by atoms with van der Waals surface area (Å²) in [5.74, 6) is 1.95. The van der Waals surface area contributed by atoms with Crippen molar-refractivity contribution in [2.24, 2.45) is 0 Å². The number of ether oxygens (including phenoxy) is 1. The Labute approximate surface area is 282 Å². The van der Waals surface area contributed by atoms with Gasteiger partial charge in [0.25, 0.3) is 0 Å². The molecule has 3 aromatic heterocycles. The zero-order valence-electron chi connectivity index (χ0n) is 25.5. The van der Waals surface area contributed by atoms with Crippen molar-refractivity contribution < 1.29 is 25.8 Å². The van der Waals surface area contributed by atoms with Crippen LogP contribution in [0.5, 0.6) is 11.6 Å². The summed E-state index contributed by atoms with van der Waals surface area (Å²) in [4.78, 5) is 12.2. The second kappa shape index (κ2) is 10.6. The van der Waals surface area contributed by atoms with E-state index < -0.39 is 0 Å². The Bertz CT molecular complexity index is 2310. The molecule has 46 heavy (non-hydrogen) atoms. The first-order valence-corrected chi connectivity index (χ1v) is 15.2. The van der Waals surface area contributed by atoms with Crippen molar-refractivity contribution in [3.05, 3.63) is 132 Å². The minimum atomic E-state index is -0.258. The van der Waals surface area contributed by atoms with Crippen molar-refractivity contribution in [2.75, 3.05) is 4.81 Å². The van der Waals surface area contributed by atoms with Crippen LogP contribution in [0.2, 0.25) is 0 Å². The monoisotopic (exact) mass is 776 g/mol. The van der Waals surface area contributed by atoms with Gasteiger partial charge in [-0.25, -0.2) is 9.97 Å². The molecular formula is C38H28BN5OPt. The van der Waals surface area contributed by atoms with Crippen LogP contribution in [-0.2, 0) is 26.5 Å². The number of anilines is 2. The summed E-state index contributed by atoms with van der Waals surface area (Å²) >= 11 is 0. The molecule has 0 radical (unpaired) electrons. The van der Waals surface area contributed by atoms with E-state index in [9.17, 15) is 0 Å². The fourth-order valence-corrected chi connectivity index (χ4v) is 6.68. The van der Waals surface area contributed by atoms with E-state index in [2.05, 4.69) is 127 Å². The number of benzene rings is 4. The first-order valence-electron chi connectivity index (χ1n) is 15.2. The third-order valence-electron chi connectivity index (χ3n) is 8.86. The Morgan fingerprint density at radius 1 is 0.783 bits per heavy atom. The van der Waals surface area contributed by atoms with Crippen molar-refractivity contribution in [1.82, 2.24) is 14.5 Å². The van der Waals surface area contributed by atoms with Crippen LogP contribution in [0.4, 0.5) is 17.1 Å². The average molecular weight is 777 g/mol. The molecule has 0 saturated carbocycles. The summed E-state index contributed by atoms with van der Waals surface area (Å²) in [6, 6.07) is 41.1. The Kier molecular flexibility index (Phi) is 6.59. The summed E-state index contributed by atoms with van der Waals surface area (Å²) in [6.07, 6.45) is 1.89. The molecule has 0 bridgehead atoms. The van der Waals surface area contributed by atoms with Gasteiger partial charge in [-0.1, -0.05) is 80.9 Å². The molecule has 0 fully saturated rings. The number of pyridine rings is 2. The van der Waals surface area contributed by atoms with Crippen LogP contribution in [0.1, 0.15) is 26.3 Å². The number of nitrogens with zero attached hydrogens (tertiary/aromatic N) is 5. The third-order valence-corrected chi connectivity index (χ3v) is 8.86. The minimum absolute atomic E-state index is 0. The maximum atomic E-state index is 6.47. The predicted molar refractivity (Wildman–Crippen MR) is 183 cm³/mol. The number of hydrogen-bond acceptors (Lipinski definition) is 4. The molecule has 2 aliphatic heterocycles. The summed E-state index contributed by atoms with van der Waals surface area (Å²) in [6.45, 7) is 6.40. The first-order chi connectivity index (χ1) is 21.9. The van der Waals surface area contributed by atoms with Gasteiger partial charge >= 0.3 is 21.1 Å². The van der Waals surface area contributed by atoms with E-state index in [1.54, 1.807) is 0 Å². The van der Waals surface area contributed by atoms with E-state index >= 15 is 0 Å². The zero-order valence-corrected chi connectivity index (χ0v) is 27.8. The van der Waals surface area contributed by atoms with Crippen LogP contribution in [0.25, 0.3) is 44.0 Å². The smallest absolute Gasteiger partial charge is 0.681 e. The molecule has 4 aromatic carbocycles. The van der Waals surface area contributed by atoms with Gasteiger partial charge in [0.2, 0.25) is 12.9 Å². The standard InChI is InChI=1S/C38H28BN5O.Pt/c1-38(2,3)24-20-21-40-35(22-24)43-31-13-7-4-10-26(31)28-17-16-25(23-34(28)43)45-36-19-18-29-27-11-5-8-14-32(27)44-33-15-9-6-12-30(33)42-39(44)37(29)41-36;/h4-22H,1-3H3;/q-2;+2. The molecule has 224 valence electrons. The second-order valence-electron chi connectivity index (χ2n) is 12.7. The summed E-state index contributed by atoms with van der Waals surface area (Å²) in [7, 11) is 0. The fraction of sp³-hybridized carbons (Fsp3) is 0.105. The second-order valence-corrected chi connectivity index (χ2v) is 12.7. The number of rotatable bonds is 3. The quantitative estimate of drug-likeness (QED) is 0.133. The molecule has 0 unspecified atom stereocenters. The number of aromatic nitrogens is 3. The van der Waals surface area contributed by atoms with Gasteiger partial charge in [-0.05, 0) is 58.3 Å². The van der Waals surface area contributed by atoms with Crippen LogP contribution in [0.15, 0.2) is 115 Å². The molecule has 6 nitrogen and oxygen atoms in total. The molecule has 2 aliphatic rings. The van der Waals surface area contributed by atoms with Gasteiger partial charge in [-0.15, -0.1) is 23.2 Å². The Morgan fingerprint density at radius 3 is 2.43 bits per heavy atom. The van der Waals surface area contributed by atoms with E-state index in [0.717, 1.165) is 61.4 Å². The van der Waals surface area contributed by atoms with Crippen molar-refractivity contribution in [2.45, 2.75) is 26.2 Å². The van der Waals surface area contributed by atoms with E-state index in [-0.39, 0.29) is 33.5 Å². The first kappa shape index (κ1) is 28.6. The largest absolute Gasteiger partial charge is 2.00 e. The van der Waals surface area contributed by atoms with E-state index in [1.807, 2.05) is 24.4 Å². The normalized spacial score (nSPS) is 13.0. The van der Waals surface area contributed by atoms with Gasteiger partial charge < -0.3 is 19.3 Å². The molecule has 7 aromatic rings. The Hall–Kier alpha value is -4.87. The maximum absolute atomic E-state index is 6.47. The molecule has 0 aliphatic carbocycles. The van der Waals surface area contributed by atoms with E-state index in [4.69, 9.17) is 19.9 Å². The fourth-order valence-electron chi connectivity index (χ4n) is 6.68. The number of fused-ring (bicyclic) bond motifs is 11. The SMILES string of the molecule is CC(C)(C)c1ccnc(-n2c3[c-]c(Oc4ccc5c(n4)B4[N-]c6ccccc6N4c4ccccc4-5)ccc3c3ccccc32)c1.[Pt+2]. The van der Waals surface area contributed by atoms with Gasteiger partial charge in [-0.2, -0.15) is 6.07 Å². The molecular weight excluding hydrogens is 748 g/mol. The maximum Gasteiger partial charge on any atom is 2.00 e. The van der Waals surface area contributed by atoms with Gasteiger partial charge in [0.05, 0.1) is 0 Å². The van der Waals surface area contributed by atoms with Gasteiger partial charge in [0.15, 0.2) is 0 Å². The molecule has 8 heteroatoms. The van der Waals surface area contributed by atoms with E-state index in [0.29, 0.717) is 11.6 Å². The summed E-state index contributed by atoms with van der Waals surface area (Å²) < 4.78 is 8.65. The number of hydrogen-bond donors (Lipinski definition) is 0. The predicted octanol–water partition coefficient (Wildman–Crippen LogP) is 8.99. The molecule has 5 heterocycles. The van der Waals surface area contributed by atoms with Crippen molar-refractivity contribution in [3.63, 3.8) is 0 Å². The summed E-state index contributed by atoms with van der Waals surface area (Å²) in [5, 5.41) is 7.32. The van der Waals surface area contributed by atoms with Gasteiger partial charge in [0, 0.05) is 46.1 Å². The molecule has 0 saturated heterocycles. The van der Waals surface area contributed by atoms with Crippen LogP contribution in [0, 0.1) is 6.07 Å². The third kappa shape index (κ3) is 4.37.